The third-order valence-corrected chi connectivity index (χ3v) is 6.89. The first kappa shape index (κ1) is 17.7. The summed E-state index contributed by atoms with van der Waals surface area (Å²) >= 11 is 0. The summed E-state index contributed by atoms with van der Waals surface area (Å²) in [6.07, 6.45) is 7.48. The van der Waals surface area contributed by atoms with Crippen molar-refractivity contribution in [1.82, 2.24) is 0 Å². The highest BCUT2D eigenvalue weighted by Crippen LogP contribution is 2.52. The average Bonchev–Trinajstić information content (AvgIpc) is 3.25. The predicted molar refractivity (Wildman–Crippen MR) is 101 cm³/mol. The summed E-state index contributed by atoms with van der Waals surface area (Å²) in [4.78, 5) is 0. The smallest absolute Gasteiger partial charge is 0.102 e. The molecule has 1 fully saturated rings. The monoisotopic (exact) mass is 328 g/mol. The molecule has 2 aliphatic rings. The van der Waals surface area contributed by atoms with Gasteiger partial charge in [-0.2, -0.15) is 0 Å². The minimum absolute atomic E-state index is 0.169. The minimum Gasteiger partial charge on any atom is -0.364 e. The number of ether oxygens (including phenoxy) is 1. The highest BCUT2D eigenvalue weighted by molar-refractivity contribution is 5.26. The van der Waals surface area contributed by atoms with Gasteiger partial charge >= 0.3 is 0 Å². The number of benzene rings is 1. The second-order valence-corrected chi connectivity index (χ2v) is 8.18. The molecule has 132 valence electrons. The quantitative estimate of drug-likeness (QED) is 0.500. The molecule has 0 heterocycles. The van der Waals surface area contributed by atoms with E-state index in [4.69, 9.17) is 4.74 Å². The molecular weight excluding hydrogens is 294 g/mol. The molecule has 0 amide bonds. The second kappa shape index (κ2) is 7.01. The molecule has 1 saturated carbocycles. The maximum absolute atomic E-state index is 6.70. The molecule has 2 nitrogen and oxygen atoms in total. The van der Waals surface area contributed by atoms with Gasteiger partial charge in [0, 0.05) is 0 Å². The van der Waals surface area contributed by atoms with Crippen LogP contribution in [0.2, 0.25) is 0 Å². The lowest BCUT2D eigenvalue weighted by molar-refractivity contribution is -0.906. The van der Waals surface area contributed by atoms with Crippen molar-refractivity contribution < 1.29 is 9.22 Å². The van der Waals surface area contributed by atoms with Crippen molar-refractivity contribution in [2.24, 2.45) is 17.8 Å². The van der Waals surface area contributed by atoms with E-state index in [0.29, 0.717) is 11.8 Å². The van der Waals surface area contributed by atoms with Gasteiger partial charge < -0.3 is 9.22 Å². The van der Waals surface area contributed by atoms with Crippen molar-refractivity contribution in [1.29, 1.82) is 0 Å². The summed E-state index contributed by atoms with van der Waals surface area (Å²) in [5, 5.41) is 0. The zero-order valence-corrected chi connectivity index (χ0v) is 15.9. The van der Waals surface area contributed by atoms with Crippen LogP contribution in [0.15, 0.2) is 42.5 Å². The van der Waals surface area contributed by atoms with Crippen LogP contribution >= 0.6 is 0 Å². The Balaban J connectivity index is 1.77. The fourth-order valence-electron chi connectivity index (χ4n) is 4.61. The topological polar surface area (TPSA) is 9.23 Å². The molecule has 0 aromatic heterocycles. The standard InChI is InChI=1S/C22H34NO/c1-5-23(4,6-2)14-15-24-22(3,20-10-8-7-9-11-20)21-17-18-12-13-19(21)16-18/h7-13,18-19,21H,5-6,14-17H2,1-4H3/q+1/t18-,19-,21+,22-/m1/s1. The van der Waals surface area contributed by atoms with Crippen LogP contribution in [0.25, 0.3) is 0 Å². The van der Waals surface area contributed by atoms with Gasteiger partial charge in [-0.05, 0) is 56.9 Å². The second-order valence-electron chi connectivity index (χ2n) is 8.18. The molecule has 0 N–H and O–H groups in total. The first-order valence-corrected chi connectivity index (χ1v) is 9.72. The third-order valence-electron chi connectivity index (χ3n) is 6.89. The SMILES string of the molecule is CC[N+](C)(CC)CCO[C@](C)(c1ccccc1)[C@H]1C[C@@H]2C=C[C@@H]1C2. The van der Waals surface area contributed by atoms with Crippen molar-refractivity contribution in [3.05, 3.63) is 48.0 Å². The van der Waals surface area contributed by atoms with Gasteiger partial charge in [-0.1, -0.05) is 42.5 Å². The Hall–Kier alpha value is -1.12. The van der Waals surface area contributed by atoms with E-state index in [1.165, 1.54) is 31.5 Å². The van der Waals surface area contributed by atoms with Crippen LogP contribution in [0.5, 0.6) is 0 Å². The van der Waals surface area contributed by atoms with Gasteiger partial charge in [0.2, 0.25) is 0 Å². The Kier molecular flexibility index (Phi) is 5.17. The van der Waals surface area contributed by atoms with Crippen molar-refractivity contribution >= 4 is 0 Å². The summed E-state index contributed by atoms with van der Waals surface area (Å²) in [6.45, 7) is 11.1. The van der Waals surface area contributed by atoms with Gasteiger partial charge in [-0.15, -0.1) is 0 Å². The number of allylic oxidation sites excluding steroid dienone is 2. The molecule has 0 unspecified atom stereocenters. The third kappa shape index (κ3) is 3.32. The van der Waals surface area contributed by atoms with Crippen molar-refractivity contribution in [2.45, 2.75) is 39.2 Å². The summed E-state index contributed by atoms with van der Waals surface area (Å²) < 4.78 is 7.79. The number of quaternary nitrogens is 1. The lowest BCUT2D eigenvalue weighted by atomic mass is 9.75. The molecular formula is C22H34NO+. The molecule has 2 heteroatoms. The number of rotatable bonds is 8. The lowest BCUT2D eigenvalue weighted by Crippen LogP contribution is -2.47. The van der Waals surface area contributed by atoms with Crippen LogP contribution in [-0.2, 0) is 10.3 Å². The van der Waals surface area contributed by atoms with Crippen molar-refractivity contribution in [3.63, 3.8) is 0 Å². The Morgan fingerprint density at radius 1 is 1.08 bits per heavy atom. The molecule has 0 radical (unpaired) electrons. The Labute approximate surface area is 148 Å². The predicted octanol–water partition coefficient (Wildman–Crippen LogP) is 4.62. The largest absolute Gasteiger partial charge is 0.364 e. The van der Waals surface area contributed by atoms with Gasteiger partial charge in [0.1, 0.15) is 6.54 Å². The first-order valence-electron chi connectivity index (χ1n) is 9.72. The van der Waals surface area contributed by atoms with E-state index in [0.717, 1.165) is 23.6 Å². The number of likely N-dealkylation sites (N-methyl/N-ethyl adjacent to an activating group) is 1. The minimum atomic E-state index is -0.169. The molecule has 0 aliphatic heterocycles. The molecule has 1 aromatic carbocycles. The van der Waals surface area contributed by atoms with E-state index in [2.05, 4.69) is 70.3 Å². The number of nitrogens with zero attached hydrogens (tertiary/aromatic N) is 1. The highest BCUT2D eigenvalue weighted by atomic mass is 16.5. The Morgan fingerprint density at radius 3 is 2.33 bits per heavy atom. The molecule has 2 aliphatic carbocycles. The lowest BCUT2D eigenvalue weighted by Gasteiger charge is -2.41. The van der Waals surface area contributed by atoms with Crippen LogP contribution in [-0.4, -0.2) is 37.8 Å². The molecule has 3 rings (SSSR count). The van der Waals surface area contributed by atoms with Crippen molar-refractivity contribution in [2.75, 3.05) is 33.3 Å². The number of fused-ring (bicyclic) bond motifs is 2. The highest BCUT2D eigenvalue weighted by Gasteiger charge is 2.48. The van der Waals surface area contributed by atoms with Crippen molar-refractivity contribution in [3.8, 4) is 0 Å². The van der Waals surface area contributed by atoms with E-state index in [-0.39, 0.29) is 5.60 Å². The van der Waals surface area contributed by atoms with Crippen LogP contribution in [0.4, 0.5) is 0 Å². The van der Waals surface area contributed by atoms with E-state index in [9.17, 15) is 0 Å². The molecule has 0 spiro atoms. The molecule has 0 saturated heterocycles. The summed E-state index contributed by atoms with van der Waals surface area (Å²) in [6, 6.07) is 10.9. The number of hydrogen-bond acceptors (Lipinski definition) is 1. The van der Waals surface area contributed by atoms with E-state index in [1.807, 2.05) is 0 Å². The average molecular weight is 329 g/mol. The fourth-order valence-corrected chi connectivity index (χ4v) is 4.61. The summed E-state index contributed by atoms with van der Waals surface area (Å²) in [5.74, 6) is 2.08. The van der Waals surface area contributed by atoms with Gasteiger partial charge in [0.15, 0.2) is 0 Å². The molecule has 4 atom stereocenters. The van der Waals surface area contributed by atoms with Gasteiger partial charge in [-0.3, -0.25) is 0 Å². The van der Waals surface area contributed by atoms with Gasteiger partial charge in [0.05, 0.1) is 32.3 Å². The fraction of sp³-hybridized carbons (Fsp3) is 0.636. The van der Waals surface area contributed by atoms with Crippen LogP contribution in [0.3, 0.4) is 0 Å². The van der Waals surface area contributed by atoms with Crippen LogP contribution in [0, 0.1) is 17.8 Å². The first-order chi connectivity index (χ1) is 11.5. The zero-order chi connectivity index (χ0) is 17.2. The summed E-state index contributed by atoms with van der Waals surface area (Å²) in [5.41, 5.74) is 1.18. The van der Waals surface area contributed by atoms with Crippen LogP contribution in [0.1, 0.15) is 39.2 Å². The van der Waals surface area contributed by atoms with Gasteiger partial charge in [-0.25, -0.2) is 0 Å². The van der Waals surface area contributed by atoms with E-state index < -0.39 is 0 Å². The molecule has 24 heavy (non-hydrogen) atoms. The molecule has 2 bridgehead atoms. The Morgan fingerprint density at radius 2 is 1.79 bits per heavy atom. The maximum atomic E-state index is 6.70. The Bertz CT molecular complexity index is 563. The normalized spacial score (nSPS) is 28.2. The number of hydrogen-bond donors (Lipinski definition) is 0. The van der Waals surface area contributed by atoms with Gasteiger partial charge in [0.25, 0.3) is 0 Å². The van der Waals surface area contributed by atoms with E-state index >= 15 is 0 Å². The van der Waals surface area contributed by atoms with E-state index in [1.54, 1.807) is 0 Å². The molecule has 1 aromatic rings. The van der Waals surface area contributed by atoms with Crippen LogP contribution < -0.4 is 0 Å². The zero-order valence-electron chi connectivity index (χ0n) is 15.9. The maximum Gasteiger partial charge on any atom is 0.102 e. The summed E-state index contributed by atoms with van der Waals surface area (Å²) in [7, 11) is 2.34.